The molecule has 0 saturated carbocycles. The van der Waals surface area contributed by atoms with Crippen LogP contribution in [0.2, 0.25) is 0 Å². The van der Waals surface area contributed by atoms with Crippen molar-refractivity contribution < 1.29 is 14.7 Å². The van der Waals surface area contributed by atoms with Gasteiger partial charge in [-0.15, -0.1) is 0 Å². The van der Waals surface area contributed by atoms with E-state index in [0.29, 0.717) is 13.0 Å². The second-order valence-electron chi connectivity index (χ2n) is 3.42. The summed E-state index contributed by atoms with van der Waals surface area (Å²) in [6.45, 7) is 3.80. The molecule has 5 nitrogen and oxygen atoms in total. The van der Waals surface area contributed by atoms with E-state index >= 15 is 0 Å². The zero-order valence-electron chi connectivity index (χ0n) is 9.38. The van der Waals surface area contributed by atoms with Crippen molar-refractivity contribution >= 4 is 11.8 Å². The number of carbonyl (C=O) groups is 2. The lowest BCUT2D eigenvalue weighted by Gasteiger charge is -2.15. The standard InChI is InChI=1S/C10H20N2O3/c1-3-9(5-7-13)12-10(15)4-6-11-8(2)14/h9,13H,3-7H2,1-2H3,(H,11,14)(H,12,15). The van der Waals surface area contributed by atoms with Gasteiger partial charge in [-0.2, -0.15) is 0 Å². The average Bonchev–Trinajstić information content (AvgIpc) is 2.16. The predicted molar refractivity (Wildman–Crippen MR) is 57.2 cm³/mol. The first kappa shape index (κ1) is 13.9. The maximum atomic E-state index is 11.3. The Morgan fingerprint density at radius 2 is 2.07 bits per heavy atom. The van der Waals surface area contributed by atoms with Crippen LogP contribution >= 0.6 is 0 Å². The number of aliphatic hydroxyl groups is 1. The van der Waals surface area contributed by atoms with Crippen LogP contribution in [0.4, 0.5) is 0 Å². The van der Waals surface area contributed by atoms with Crippen LogP contribution in [0.5, 0.6) is 0 Å². The highest BCUT2D eigenvalue weighted by atomic mass is 16.3. The van der Waals surface area contributed by atoms with Gasteiger partial charge in [0.25, 0.3) is 0 Å². The van der Waals surface area contributed by atoms with Gasteiger partial charge in [-0.25, -0.2) is 0 Å². The van der Waals surface area contributed by atoms with Crippen molar-refractivity contribution in [3.05, 3.63) is 0 Å². The van der Waals surface area contributed by atoms with E-state index in [1.54, 1.807) is 0 Å². The topological polar surface area (TPSA) is 78.4 Å². The minimum absolute atomic E-state index is 0.0276. The van der Waals surface area contributed by atoms with Gasteiger partial charge in [0, 0.05) is 32.5 Å². The quantitative estimate of drug-likeness (QED) is 0.551. The Labute approximate surface area is 90.2 Å². The minimum atomic E-state index is -0.134. The number of hydrogen-bond donors (Lipinski definition) is 3. The van der Waals surface area contributed by atoms with Gasteiger partial charge in [-0.05, 0) is 12.8 Å². The summed E-state index contributed by atoms with van der Waals surface area (Å²) in [5, 5.41) is 14.1. The highest BCUT2D eigenvalue weighted by Gasteiger charge is 2.09. The Bertz CT molecular complexity index is 207. The van der Waals surface area contributed by atoms with Gasteiger partial charge < -0.3 is 15.7 Å². The van der Waals surface area contributed by atoms with E-state index in [2.05, 4.69) is 10.6 Å². The lowest BCUT2D eigenvalue weighted by atomic mass is 10.1. The third-order valence-electron chi connectivity index (χ3n) is 2.06. The molecule has 1 atom stereocenters. The molecule has 0 bridgehead atoms. The van der Waals surface area contributed by atoms with Crippen LogP contribution in [0.15, 0.2) is 0 Å². The smallest absolute Gasteiger partial charge is 0.221 e. The first-order valence-corrected chi connectivity index (χ1v) is 5.24. The summed E-state index contributed by atoms with van der Waals surface area (Å²) in [6.07, 6.45) is 1.65. The molecule has 0 radical (unpaired) electrons. The van der Waals surface area contributed by atoms with Crippen LogP contribution < -0.4 is 10.6 Å². The molecule has 0 aliphatic heterocycles. The fraction of sp³-hybridized carbons (Fsp3) is 0.800. The lowest BCUT2D eigenvalue weighted by Crippen LogP contribution is -2.37. The first-order chi connectivity index (χ1) is 7.10. The van der Waals surface area contributed by atoms with Crippen molar-refractivity contribution in [2.75, 3.05) is 13.2 Å². The van der Waals surface area contributed by atoms with Crippen molar-refractivity contribution in [2.24, 2.45) is 0 Å². The highest BCUT2D eigenvalue weighted by molar-refractivity contribution is 5.78. The SMILES string of the molecule is CCC(CCO)NC(=O)CCNC(C)=O. The number of carbonyl (C=O) groups excluding carboxylic acids is 2. The molecule has 0 fully saturated rings. The second kappa shape index (κ2) is 8.23. The van der Waals surface area contributed by atoms with E-state index < -0.39 is 0 Å². The molecule has 0 aliphatic rings. The number of aliphatic hydroxyl groups excluding tert-OH is 1. The van der Waals surface area contributed by atoms with Crippen molar-refractivity contribution in [1.29, 1.82) is 0 Å². The van der Waals surface area contributed by atoms with Gasteiger partial charge in [0.1, 0.15) is 0 Å². The Morgan fingerprint density at radius 1 is 1.40 bits per heavy atom. The van der Waals surface area contributed by atoms with E-state index in [1.165, 1.54) is 6.92 Å². The number of hydrogen-bond acceptors (Lipinski definition) is 3. The molecule has 0 aromatic heterocycles. The van der Waals surface area contributed by atoms with E-state index in [4.69, 9.17) is 5.11 Å². The number of nitrogens with one attached hydrogen (secondary N) is 2. The summed E-state index contributed by atoms with van der Waals surface area (Å²) in [5.74, 6) is -0.228. The average molecular weight is 216 g/mol. The van der Waals surface area contributed by atoms with Crippen LogP contribution in [0, 0.1) is 0 Å². The molecule has 0 saturated heterocycles. The molecule has 0 spiro atoms. The summed E-state index contributed by atoms with van der Waals surface area (Å²) in [5.41, 5.74) is 0. The minimum Gasteiger partial charge on any atom is -0.396 e. The molecule has 5 heteroatoms. The molecule has 0 heterocycles. The molecule has 2 amide bonds. The van der Waals surface area contributed by atoms with Gasteiger partial charge in [0.2, 0.25) is 11.8 Å². The Balaban J connectivity index is 3.66. The Morgan fingerprint density at radius 3 is 2.53 bits per heavy atom. The summed E-state index contributed by atoms with van der Waals surface area (Å²) < 4.78 is 0. The molecule has 0 aromatic rings. The van der Waals surface area contributed by atoms with Crippen molar-refractivity contribution in [3.8, 4) is 0 Å². The highest BCUT2D eigenvalue weighted by Crippen LogP contribution is 1.96. The fourth-order valence-electron chi connectivity index (χ4n) is 1.19. The Hall–Kier alpha value is -1.10. The molecule has 1 unspecified atom stereocenters. The molecule has 88 valence electrons. The van der Waals surface area contributed by atoms with E-state index in [0.717, 1.165) is 6.42 Å². The number of amides is 2. The molecular formula is C10H20N2O3. The van der Waals surface area contributed by atoms with Crippen LogP contribution in [0.25, 0.3) is 0 Å². The van der Waals surface area contributed by atoms with Gasteiger partial charge >= 0.3 is 0 Å². The van der Waals surface area contributed by atoms with Crippen molar-refractivity contribution in [1.82, 2.24) is 10.6 Å². The molecule has 0 rings (SSSR count). The normalized spacial score (nSPS) is 11.9. The second-order valence-corrected chi connectivity index (χ2v) is 3.42. The summed E-state index contributed by atoms with van der Waals surface area (Å²) in [7, 11) is 0. The summed E-state index contributed by atoms with van der Waals surface area (Å²) in [6, 6.07) is 0.0276. The lowest BCUT2D eigenvalue weighted by molar-refractivity contribution is -0.122. The van der Waals surface area contributed by atoms with Gasteiger partial charge in [0.05, 0.1) is 0 Å². The van der Waals surface area contributed by atoms with Gasteiger partial charge in [-0.3, -0.25) is 9.59 Å². The largest absolute Gasteiger partial charge is 0.396 e. The summed E-state index contributed by atoms with van der Waals surface area (Å²) >= 11 is 0. The third kappa shape index (κ3) is 7.93. The molecule has 3 N–H and O–H groups in total. The van der Waals surface area contributed by atoms with Crippen molar-refractivity contribution in [2.45, 2.75) is 39.2 Å². The van der Waals surface area contributed by atoms with Gasteiger partial charge in [0.15, 0.2) is 0 Å². The monoisotopic (exact) mass is 216 g/mol. The van der Waals surface area contributed by atoms with Crippen LogP contribution in [-0.4, -0.2) is 36.1 Å². The molecule has 15 heavy (non-hydrogen) atoms. The first-order valence-electron chi connectivity index (χ1n) is 5.24. The van der Waals surface area contributed by atoms with E-state index in [9.17, 15) is 9.59 Å². The third-order valence-corrected chi connectivity index (χ3v) is 2.06. The van der Waals surface area contributed by atoms with E-state index in [-0.39, 0.29) is 30.9 Å². The molecule has 0 aliphatic carbocycles. The van der Waals surface area contributed by atoms with Gasteiger partial charge in [-0.1, -0.05) is 6.92 Å². The van der Waals surface area contributed by atoms with Crippen LogP contribution in [0.3, 0.4) is 0 Å². The fourth-order valence-corrected chi connectivity index (χ4v) is 1.19. The van der Waals surface area contributed by atoms with Crippen LogP contribution in [-0.2, 0) is 9.59 Å². The van der Waals surface area contributed by atoms with Crippen LogP contribution in [0.1, 0.15) is 33.1 Å². The maximum Gasteiger partial charge on any atom is 0.221 e. The molecular weight excluding hydrogens is 196 g/mol. The predicted octanol–water partition coefficient (Wildman–Crippen LogP) is -0.210. The zero-order chi connectivity index (χ0) is 11.7. The molecule has 0 aromatic carbocycles. The summed E-state index contributed by atoms with van der Waals surface area (Å²) in [4.78, 5) is 21.9. The maximum absolute atomic E-state index is 11.3. The van der Waals surface area contributed by atoms with Crippen molar-refractivity contribution in [3.63, 3.8) is 0 Å². The Kier molecular flexibility index (Phi) is 7.62. The number of rotatable bonds is 7. The van der Waals surface area contributed by atoms with E-state index in [1.807, 2.05) is 6.92 Å². The zero-order valence-corrected chi connectivity index (χ0v) is 9.38.